The zero-order chi connectivity index (χ0) is 18.5. The summed E-state index contributed by atoms with van der Waals surface area (Å²) in [4.78, 5) is 16.6. The number of carbonyl (C=O) groups excluding carboxylic acids is 1. The van der Waals surface area contributed by atoms with Crippen LogP contribution in [0.2, 0.25) is 0 Å². The van der Waals surface area contributed by atoms with E-state index < -0.39 is 6.04 Å². The highest BCUT2D eigenvalue weighted by Gasteiger charge is 2.31. The molecular formula is C20H25N3O3. The molecule has 6 nitrogen and oxygen atoms in total. The summed E-state index contributed by atoms with van der Waals surface area (Å²) >= 11 is 0. The second-order valence-electron chi connectivity index (χ2n) is 6.24. The minimum atomic E-state index is -0.494. The number of amides is 1. The number of nitrogens with zero attached hydrogens (tertiary/aromatic N) is 2. The van der Waals surface area contributed by atoms with Gasteiger partial charge >= 0.3 is 0 Å². The van der Waals surface area contributed by atoms with Gasteiger partial charge in [0.05, 0.1) is 19.9 Å². The zero-order valence-corrected chi connectivity index (χ0v) is 15.2. The molecule has 1 saturated heterocycles. The van der Waals surface area contributed by atoms with Crippen molar-refractivity contribution in [3.63, 3.8) is 0 Å². The van der Waals surface area contributed by atoms with E-state index in [0.29, 0.717) is 5.75 Å². The summed E-state index contributed by atoms with van der Waals surface area (Å²) in [5.41, 5.74) is 7.63. The molecule has 0 spiro atoms. The molecule has 2 aromatic rings. The summed E-state index contributed by atoms with van der Waals surface area (Å²) in [6.07, 6.45) is 0. The van der Waals surface area contributed by atoms with Crippen LogP contribution in [-0.2, 0) is 4.79 Å². The number of methoxy groups -OCH3 is 2. The van der Waals surface area contributed by atoms with Crippen molar-refractivity contribution < 1.29 is 14.3 Å². The van der Waals surface area contributed by atoms with Crippen LogP contribution in [0.3, 0.4) is 0 Å². The Morgan fingerprint density at radius 3 is 2.12 bits per heavy atom. The molecule has 1 atom stereocenters. The van der Waals surface area contributed by atoms with Crippen molar-refractivity contribution in [1.29, 1.82) is 0 Å². The van der Waals surface area contributed by atoms with E-state index in [2.05, 4.69) is 15.9 Å². The Morgan fingerprint density at radius 1 is 0.923 bits per heavy atom. The fourth-order valence-corrected chi connectivity index (χ4v) is 3.53. The van der Waals surface area contributed by atoms with E-state index in [1.165, 1.54) is 0 Å². The van der Waals surface area contributed by atoms with Gasteiger partial charge in [-0.15, -0.1) is 0 Å². The second-order valence-corrected chi connectivity index (χ2v) is 6.24. The molecule has 0 radical (unpaired) electrons. The molecule has 2 N–H and O–H groups in total. The number of piperazine rings is 1. The van der Waals surface area contributed by atoms with Crippen molar-refractivity contribution in [2.24, 2.45) is 5.73 Å². The first-order valence-corrected chi connectivity index (χ1v) is 8.70. The highest BCUT2D eigenvalue weighted by molar-refractivity contribution is 5.82. The monoisotopic (exact) mass is 355 g/mol. The molecule has 1 heterocycles. The van der Waals surface area contributed by atoms with Gasteiger partial charge in [-0.05, 0) is 18.2 Å². The lowest BCUT2D eigenvalue weighted by atomic mass is 10.0. The summed E-state index contributed by atoms with van der Waals surface area (Å²) in [7, 11) is 3.29. The Kier molecular flexibility index (Phi) is 5.63. The van der Waals surface area contributed by atoms with Crippen LogP contribution in [0.25, 0.3) is 0 Å². The van der Waals surface area contributed by atoms with E-state index >= 15 is 0 Å². The van der Waals surface area contributed by atoms with E-state index in [9.17, 15) is 4.79 Å². The van der Waals surface area contributed by atoms with Crippen LogP contribution < -0.4 is 20.1 Å². The van der Waals surface area contributed by atoms with Crippen LogP contribution in [0, 0.1) is 0 Å². The number of benzene rings is 2. The number of rotatable bonds is 6. The van der Waals surface area contributed by atoms with Crippen molar-refractivity contribution in [3.05, 3.63) is 54.1 Å². The summed E-state index contributed by atoms with van der Waals surface area (Å²) in [5.74, 6) is 1.18. The number of carbonyl (C=O) groups is 1. The molecule has 1 aliphatic heterocycles. The smallest absolute Gasteiger partial charge is 0.239 e. The van der Waals surface area contributed by atoms with E-state index in [1.807, 2.05) is 42.5 Å². The van der Waals surface area contributed by atoms with Crippen molar-refractivity contribution in [2.75, 3.05) is 45.3 Å². The summed E-state index contributed by atoms with van der Waals surface area (Å²) in [5, 5.41) is 0. The number of hydrogen-bond donors (Lipinski definition) is 1. The quantitative estimate of drug-likeness (QED) is 0.859. The molecule has 26 heavy (non-hydrogen) atoms. The number of para-hydroxylation sites is 3. The number of hydrogen-bond acceptors (Lipinski definition) is 5. The molecule has 1 unspecified atom stereocenters. The van der Waals surface area contributed by atoms with Gasteiger partial charge in [0.2, 0.25) is 5.91 Å². The minimum absolute atomic E-state index is 0.361. The standard InChI is InChI=1S/C20H25N3O3/c1-25-17-9-5-3-7-15(17)19(20(21)24)23-13-11-22(12-14-23)16-8-4-6-10-18(16)26-2/h3-10,19H,11-14H2,1-2H3,(H2,21,24). The maximum absolute atomic E-state index is 12.2. The van der Waals surface area contributed by atoms with Crippen LogP contribution in [0.15, 0.2) is 48.5 Å². The first-order chi connectivity index (χ1) is 12.7. The van der Waals surface area contributed by atoms with Crippen molar-refractivity contribution in [2.45, 2.75) is 6.04 Å². The summed E-state index contributed by atoms with van der Waals surface area (Å²) < 4.78 is 10.9. The van der Waals surface area contributed by atoms with Gasteiger partial charge in [0.25, 0.3) is 0 Å². The number of nitrogens with two attached hydrogens (primary N) is 1. The SMILES string of the molecule is COc1ccccc1C(C(N)=O)N1CCN(c2ccccc2OC)CC1. The fraction of sp³-hybridized carbons (Fsp3) is 0.350. The first-order valence-electron chi connectivity index (χ1n) is 8.70. The van der Waals surface area contributed by atoms with Crippen LogP contribution in [0.4, 0.5) is 5.69 Å². The molecule has 3 rings (SSSR count). The molecule has 1 fully saturated rings. The predicted octanol–water partition coefficient (Wildman–Crippen LogP) is 2.05. The van der Waals surface area contributed by atoms with E-state index in [0.717, 1.165) is 43.2 Å². The van der Waals surface area contributed by atoms with Crippen molar-refractivity contribution in [1.82, 2.24) is 4.90 Å². The van der Waals surface area contributed by atoms with Crippen LogP contribution in [0.5, 0.6) is 11.5 Å². The highest BCUT2D eigenvalue weighted by Crippen LogP contribution is 2.32. The predicted molar refractivity (Wildman–Crippen MR) is 102 cm³/mol. The van der Waals surface area contributed by atoms with Gasteiger partial charge in [-0.1, -0.05) is 30.3 Å². The minimum Gasteiger partial charge on any atom is -0.496 e. The molecule has 138 valence electrons. The maximum atomic E-state index is 12.2. The van der Waals surface area contributed by atoms with Crippen LogP contribution >= 0.6 is 0 Å². The third-order valence-electron chi connectivity index (χ3n) is 4.81. The van der Waals surface area contributed by atoms with E-state index in [1.54, 1.807) is 14.2 Å². The largest absolute Gasteiger partial charge is 0.496 e. The lowest BCUT2D eigenvalue weighted by Crippen LogP contribution is -2.50. The third-order valence-corrected chi connectivity index (χ3v) is 4.81. The fourth-order valence-electron chi connectivity index (χ4n) is 3.53. The van der Waals surface area contributed by atoms with Gasteiger partial charge in [-0.2, -0.15) is 0 Å². The molecule has 2 aromatic carbocycles. The molecule has 1 aliphatic rings. The van der Waals surface area contributed by atoms with Gasteiger partial charge in [0, 0.05) is 31.7 Å². The Morgan fingerprint density at radius 2 is 1.50 bits per heavy atom. The summed E-state index contributed by atoms with van der Waals surface area (Å²) in [6.45, 7) is 3.03. The normalized spacial score (nSPS) is 16.2. The van der Waals surface area contributed by atoms with Crippen molar-refractivity contribution in [3.8, 4) is 11.5 Å². The molecule has 1 amide bonds. The van der Waals surface area contributed by atoms with Crippen LogP contribution in [0.1, 0.15) is 11.6 Å². The van der Waals surface area contributed by atoms with Crippen LogP contribution in [-0.4, -0.2) is 51.2 Å². The molecular weight excluding hydrogens is 330 g/mol. The number of primary amides is 1. The molecule has 0 aromatic heterocycles. The molecule has 6 heteroatoms. The zero-order valence-electron chi connectivity index (χ0n) is 15.2. The molecule has 0 aliphatic carbocycles. The molecule has 0 saturated carbocycles. The van der Waals surface area contributed by atoms with Gasteiger partial charge in [0.15, 0.2) is 0 Å². The van der Waals surface area contributed by atoms with Gasteiger partial charge in [-0.3, -0.25) is 9.69 Å². The van der Waals surface area contributed by atoms with Crippen molar-refractivity contribution >= 4 is 11.6 Å². The third kappa shape index (κ3) is 3.60. The Balaban J connectivity index is 1.78. The van der Waals surface area contributed by atoms with Gasteiger partial charge < -0.3 is 20.1 Å². The Hall–Kier alpha value is -2.73. The van der Waals surface area contributed by atoms with Gasteiger partial charge in [0.1, 0.15) is 17.5 Å². The average Bonchev–Trinajstić information content (AvgIpc) is 2.69. The summed E-state index contributed by atoms with van der Waals surface area (Å²) in [6, 6.07) is 15.0. The second kappa shape index (κ2) is 8.10. The lowest BCUT2D eigenvalue weighted by Gasteiger charge is -2.39. The number of ether oxygens (including phenoxy) is 2. The highest BCUT2D eigenvalue weighted by atomic mass is 16.5. The Bertz CT molecular complexity index is 757. The Labute approximate surface area is 154 Å². The van der Waals surface area contributed by atoms with E-state index in [4.69, 9.17) is 15.2 Å². The lowest BCUT2D eigenvalue weighted by molar-refractivity contribution is -0.123. The van der Waals surface area contributed by atoms with Gasteiger partial charge in [-0.25, -0.2) is 0 Å². The maximum Gasteiger partial charge on any atom is 0.239 e. The number of anilines is 1. The average molecular weight is 355 g/mol. The van der Waals surface area contributed by atoms with E-state index in [-0.39, 0.29) is 5.91 Å². The topological polar surface area (TPSA) is 68.0 Å². The first kappa shape index (κ1) is 18.1. The molecule has 0 bridgehead atoms.